The van der Waals surface area contributed by atoms with E-state index >= 15 is 0 Å². The summed E-state index contributed by atoms with van der Waals surface area (Å²) in [6.07, 6.45) is 9.36. The number of carbonyl (C=O) groups excluding carboxylic acids is 1. The fourth-order valence-electron chi connectivity index (χ4n) is 5.96. The topological polar surface area (TPSA) is 117 Å². The Morgan fingerprint density at radius 1 is 1.24 bits per heavy atom. The molecular weight excluding hydrogens is 372 g/mol. The van der Waals surface area contributed by atoms with Crippen molar-refractivity contribution < 1.29 is 19.7 Å². The minimum atomic E-state index is -0.515. The number of aromatic nitrogens is 2. The molecule has 29 heavy (non-hydrogen) atoms. The first-order valence-corrected chi connectivity index (χ1v) is 10.9. The quantitative estimate of drug-likeness (QED) is 0.546. The molecule has 0 radical (unpaired) electrons. The summed E-state index contributed by atoms with van der Waals surface area (Å²) in [6, 6.07) is 0.100. The van der Waals surface area contributed by atoms with Gasteiger partial charge >= 0.3 is 0 Å². The summed E-state index contributed by atoms with van der Waals surface area (Å²) < 4.78 is 5.99. The second-order valence-electron chi connectivity index (χ2n) is 9.43. The normalized spacial score (nSPS) is 35.2. The zero-order valence-electron chi connectivity index (χ0n) is 16.6. The van der Waals surface area contributed by atoms with Gasteiger partial charge in [0, 0.05) is 18.8 Å². The van der Waals surface area contributed by atoms with E-state index in [1.165, 1.54) is 6.20 Å². The molecule has 0 aliphatic heterocycles. The van der Waals surface area contributed by atoms with Crippen molar-refractivity contribution in [1.82, 2.24) is 15.3 Å². The number of ether oxygens (including phenoxy) is 1. The van der Waals surface area contributed by atoms with Gasteiger partial charge in [-0.3, -0.25) is 4.79 Å². The van der Waals surface area contributed by atoms with Gasteiger partial charge in [-0.1, -0.05) is 0 Å². The molecule has 0 spiro atoms. The van der Waals surface area contributed by atoms with E-state index in [1.54, 1.807) is 0 Å². The van der Waals surface area contributed by atoms with E-state index in [2.05, 4.69) is 20.6 Å². The molecule has 6 rings (SSSR count). The number of nitrogens with zero attached hydrogens (tertiary/aromatic N) is 2. The monoisotopic (exact) mass is 402 g/mol. The standard InChI is InChI=1S/C21H30N4O4/c26-5-4-22-20-23-11-16(19(25-20)29-15-2-1-3-15)18(27)24-17-13-6-12-7-14(17)10-21(28,8-12)9-13/h11-15,17,26,28H,1-10H2,(H,24,27)(H,22,23,25)/t12?,13?,14?,17-,21+. The molecule has 1 aromatic heterocycles. The second-order valence-corrected chi connectivity index (χ2v) is 9.43. The van der Waals surface area contributed by atoms with Gasteiger partial charge in [0.25, 0.3) is 5.91 Å². The summed E-state index contributed by atoms with van der Waals surface area (Å²) in [6.45, 7) is 0.312. The lowest BCUT2D eigenvalue weighted by Crippen LogP contribution is -2.61. The fourth-order valence-corrected chi connectivity index (χ4v) is 5.96. The maximum Gasteiger partial charge on any atom is 0.258 e. The number of anilines is 1. The Hall–Kier alpha value is -1.93. The molecule has 4 N–H and O–H groups in total. The number of hydrogen-bond donors (Lipinski definition) is 4. The van der Waals surface area contributed by atoms with Crippen LogP contribution in [-0.2, 0) is 0 Å². The van der Waals surface area contributed by atoms with Crippen molar-refractivity contribution >= 4 is 11.9 Å². The van der Waals surface area contributed by atoms with Crippen LogP contribution in [-0.4, -0.2) is 57.0 Å². The molecule has 4 bridgehead atoms. The predicted molar refractivity (Wildman–Crippen MR) is 106 cm³/mol. The lowest BCUT2D eigenvalue weighted by atomic mass is 9.52. The number of nitrogens with one attached hydrogen (secondary N) is 2. The van der Waals surface area contributed by atoms with Crippen molar-refractivity contribution in [2.24, 2.45) is 17.8 Å². The molecule has 5 aliphatic carbocycles. The van der Waals surface area contributed by atoms with E-state index in [-0.39, 0.29) is 24.7 Å². The molecule has 1 heterocycles. The van der Waals surface area contributed by atoms with Gasteiger partial charge < -0.3 is 25.6 Å². The lowest BCUT2D eigenvalue weighted by Gasteiger charge is -2.58. The van der Waals surface area contributed by atoms with Crippen LogP contribution in [0, 0.1) is 17.8 Å². The molecule has 5 fully saturated rings. The summed E-state index contributed by atoms with van der Waals surface area (Å²) in [5.41, 5.74) is -0.154. The lowest BCUT2D eigenvalue weighted by molar-refractivity contribution is -0.136. The molecule has 8 heteroatoms. The van der Waals surface area contributed by atoms with Gasteiger partial charge in [-0.05, 0) is 69.1 Å². The third-order valence-electron chi connectivity index (χ3n) is 7.26. The fraction of sp³-hybridized carbons (Fsp3) is 0.762. The summed E-state index contributed by atoms with van der Waals surface area (Å²) in [7, 11) is 0. The molecule has 5 aliphatic rings. The molecule has 5 saturated carbocycles. The highest BCUT2D eigenvalue weighted by Gasteiger charge is 2.55. The number of rotatable bonds is 7. The zero-order valence-corrected chi connectivity index (χ0v) is 16.6. The van der Waals surface area contributed by atoms with Crippen LogP contribution >= 0.6 is 0 Å². The SMILES string of the molecule is O=C(N[C@H]1C2CC3CC1C[C@@](O)(C3)C2)c1cnc(NCCO)nc1OC1CCC1. The van der Waals surface area contributed by atoms with Crippen LogP contribution in [0.5, 0.6) is 5.88 Å². The van der Waals surface area contributed by atoms with Crippen LogP contribution in [0.3, 0.4) is 0 Å². The first-order chi connectivity index (χ1) is 14.0. The van der Waals surface area contributed by atoms with Crippen LogP contribution < -0.4 is 15.4 Å². The highest BCUT2D eigenvalue weighted by molar-refractivity contribution is 5.96. The molecule has 0 saturated heterocycles. The van der Waals surface area contributed by atoms with Gasteiger partial charge in [0.15, 0.2) is 0 Å². The smallest absolute Gasteiger partial charge is 0.258 e. The predicted octanol–water partition coefficient (Wildman–Crippen LogP) is 1.48. The molecule has 1 aromatic rings. The Kier molecular flexibility index (Phi) is 4.86. The van der Waals surface area contributed by atoms with Gasteiger partial charge in [-0.25, -0.2) is 4.98 Å². The first kappa shape index (κ1) is 19.1. The minimum absolute atomic E-state index is 0.0256. The van der Waals surface area contributed by atoms with Crippen LogP contribution in [0.2, 0.25) is 0 Å². The number of hydrogen-bond acceptors (Lipinski definition) is 7. The summed E-state index contributed by atoms with van der Waals surface area (Å²) in [5.74, 6) is 1.75. The van der Waals surface area contributed by atoms with Crippen molar-refractivity contribution in [1.29, 1.82) is 0 Å². The number of aliphatic hydroxyl groups excluding tert-OH is 1. The van der Waals surface area contributed by atoms with Crippen molar-refractivity contribution in [3.05, 3.63) is 11.8 Å². The summed E-state index contributed by atoms with van der Waals surface area (Å²) in [5, 5.41) is 25.9. The maximum absolute atomic E-state index is 13.2. The van der Waals surface area contributed by atoms with Crippen molar-refractivity contribution in [2.45, 2.75) is 69.1 Å². The third-order valence-corrected chi connectivity index (χ3v) is 7.26. The third kappa shape index (κ3) is 3.68. The average Bonchev–Trinajstić information content (AvgIpc) is 2.64. The van der Waals surface area contributed by atoms with Crippen LogP contribution in [0.15, 0.2) is 6.20 Å². The van der Waals surface area contributed by atoms with Gasteiger partial charge in [0.2, 0.25) is 11.8 Å². The first-order valence-electron chi connectivity index (χ1n) is 10.9. The molecule has 0 aromatic carbocycles. The second kappa shape index (κ2) is 7.40. The zero-order chi connectivity index (χ0) is 20.0. The molecule has 1 amide bonds. The Balaban J connectivity index is 1.33. The van der Waals surface area contributed by atoms with Crippen molar-refractivity contribution in [3.8, 4) is 5.88 Å². The Bertz CT molecular complexity index is 768. The average molecular weight is 402 g/mol. The minimum Gasteiger partial charge on any atom is -0.474 e. The van der Waals surface area contributed by atoms with Gasteiger partial charge in [-0.2, -0.15) is 4.98 Å². The van der Waals surface area contributed by atoms with E-state index in [0.717, 1.165) is 51.4 Å². The Morgan fingerprint density at radius 3 is 2.62 bits per heavy atom. The Labute approximate surface area is 170 Å². The van der Waals surface area contributed by atoms with E-state index in [9.17, 15) is 9.90 Å². The molecular formula is C21H30N4O4. The van der Waals surface area contributed by atoms with E-state index in [0.29, 0.717) is 41.7 Å². The molecule has 2 unspecified atom stereocenters. The highest BCUT2D eigenvalue weighted by Crippen LogP contribution is 2.55. The number of carbonyl (C=O) groups is 1. The van der Waals surface area contributed by atoms with E-state index < -0.39 is 5.60 Å². The van der Waals surface area contributed by atoms with Crippen LogP contribution in [0.4, 0.5) is 5.95 Å². The molecule has 2 atom stereocenters. The van der Waals surface area contributed by atoms with Crippen molar-refractivity contribution in [3.63, 3.8) is 0 Å². The van der Waals surface area contributed by atoms with Crippen LogP contribution in [0.25, 0.3) is 0 Å². The highest BCUT2D eigenvalue weighted by atomic mass is 16.5. The van der Waals surface area contributed by atoms with E-state index in [4.69, 9.17) is 9.84 Å². The Morgan fingerprint density at radius 2 is 2.00 bits per heavy atom. The summed E-state index contributed by atoms with van der Waals surface area (Å²) in [4.78, 5) is 21.8. The largest absolute Gasteiger partial charge is 0.474 e. The van der Waals surface area contributed by atoms with Crippen LogP contribution in [0.1, 0.15) is 61.7 Å². The maximum atomic E-state index is 13.2. The number of amides is 1. The van der Waals surface area contributed by atoms with E-state index in [1.807, 2.05) is 0 Å². The van der Waals surface area contributed by atoms with Gasteiger partial charge in [0.1, 0.15) is 11.7 Å². The summed E-state index contributed by atoms with van der Waals surface area (Å²) >= 11 is 0. The molecule has 8 nitrogen and oxygen atoms in total. The molecule has 158 valence electrons. The van der Waals surface area contributed by atoms with Gasteiger partial charge in [-0.15, -0.1) is 0 Å². The van der Waals surface area contributed by atoms with Gasteiger partial charge in [0.05, 0.1) is 12.2 Å². The number of aliphatic hydroxyl groups is 2. The van der Waals surface area contributed by atoms with Crippen molar-refractivity contribution in [2.75, 3.05) is 18.5 Å².